The molecule has 1 aliphatic heterocycles. The first kappa shape index (κ1) is 36.5. The van der Waals surface area contributed by atoms with Gasteiger partial charge in [0.25, 0.3) is 0 Å². The second kappa shape index (κ2) is 14.6. The zero-order valence-corrected chi connectivity index (χ0v) is 25.7. The summed E-state index contributed by atoms with van der Waals surface area (Å²) in [5.41, 5.74) is 2.23. The number of benzene rings is 2. The molecule has 2 aromatic carbocycles. The van der Waals surface area contributed by atoms with E-state index in [1.807, 2.05) is 0 Å². The van der Waals surface area contributed by atoms with Crippen molar-refractivity contribution in [1.82, 2.24) is 10.2 Å². The van der Waals surface area contributed by atoms with Crippen molar-refractivity contribution in [2.45, 2.75) is 89.3 Å². The standard InChI is InChI=1S/C31H37F6N3O6/c1-18(44-23-13-20(30(32,33)34)12-21(14-23)31(35,36)37)45-25-10-11-40(17-24(25)19-8-6-5-7-9-19)27(42)16-22(15-26(38)41)39-28(43)46-29(2,3)4/h5-9,12-14,18,22,24-25H,10-11,15-17H2,1-4H3,(H2,38,41)(H,39,43)/t18-,22+,24-,25-/m0/s1. The van der Waals surface area contributed by atoms with E-state index >= 15 is 0 Å². The molecule has 0 saturated carbocycles. The lowest BCUT2D eigenvalue weighted by Gasteiger charge is -2.40. The van der Waals surface area contributed by atoms with Crippen LogP contribution in [0.15, 0.2) is 48.5 Å². The van der Waals surface area contributed by atoms with Crippen LogP contribution in [0.1, 0.15) is 69.6 Å². The van der Waals surface area contributed by atoms with Crippen molar-refractivity contribution in [3.8, 4) is 5.75 Å². The fraction of sp³-hybridized carbons (Fsp3) is 0.516. The van der Waals surface area contributed by atoms with Gasteiger partial charge < -0.3 is 30.2 Å². The van der Waals surface area contributed by atoms with Gasteiger partial charge >= 0.3 is 18.4 Å². The molecule has 0 unspecified atom stereocenters. The summed E-state index contributed by atoms with van der Waals surface area (Å²) in [6.45, 7) is 6.60. The Bertz CT molecular complexity index is 1330. The van der Waals surface area contributed by atoms with Crippen molar-refractivity contribution in [3.63, 3.8) is 0 Å². The Balaban J connectivity index is 1.76. The van der Waals surface area contributed by atoms with Crippen molar-refractivity contribution in [2.75, 3.05) is 13.1 Å². The maximum Gasteiger partial charge on any atom is 0.416 e. The van der Waals surface area contributed by atoms with Crippen molar-refractivity contribution in [3.05, 3.63) is 65.2 Å². The van der Waals surface area contributed by atoms with Crippen molar-refractivity contribution in [1.29, 1.82) is 0 Å². The molecule has 0 bridgehead atoms. The number of likely N-dealkylation sites (tertiary alicyclic amines) is 1. The molecule has 9 nitrogen and oxygen atoms in total. The molecule has 0 spiro atoms. The summed E-state index contributed by atoms with van der Waals surface area (Å²) in [5.74, 6) is -2.27. The Labute approximate surface area is 262 Å². The van der Waals surface area contributed by atoms with Gasteiger partial charge in [-0.3, -0.25) is 9.59 Å². The second-order valence-corrected chi connectivity index (χ2v) is 12.0. The number of hydrogen-bond donors (Lipinski definition) is 2. The number of carbonyl (C=O) groups excluding carboxylic acids is 3. The summed E-state index contributed by atoms with van der Waals surface area (Å²) in [6.07, 6.45) is -13.1. The highest BCUT2D eigenvalue weighted by Gasteiger charge is 2.38. The summed E-state index contributed by atoms with van der Waals surface area (Å²) in [4.78, 5) is 38.8. The quantitative estimate of drug-likeness (QED) is 0.238. The molecule has 1 heterocycles. The summed E-state index contributed by atoms with van der Waals surface area (Å²) in [7, 11) is 0. The van der Waals surface area contributed by atoms with E-state index in [2.05, 4.69) is 5.32 Å². The number of nitrogens with one attached hydrogen (secondary N) is 1. The molecule has 3 amide bonds. The van der Waals surface area contributed by atoms with E-state index in [0.717, 1.165) is 5.56 Å². The molecule has 0 radical (unpaired) electrons. The monoisotopic (exact) mass is 661 g/mol. The fourth-order valence-corrected chi connectivity index (χ4v) is 5.03. The van der Waals surface area contributed by atoms with Crippen LogP contribution in [0.3, 0.4) is 0 Å². The molecule has 3 N–H and O–H groups in total. The highest BCUT2D eigenvalue weighted by molar-refractivity contribution is 5.81. The summed E-state index contributed by atoms with van der Waals surface area (Å²) < 4.78 is 96.6. The predicted molar refractivity (Wildman–Crippen MR) is 153 cm³/mol. The highest BCUT2D eigenvalue weighted by atomic mass is 19.4. The number of halogens is 6. The van der Waals surface area contributed by atoms with Crippen LogP contribution >= 0.6 is 0 Å². The number of ether oxygens (including phenoxy) is 3. The number of piperidine rings is 1. The van der Waals surface area contributed by atoms with Crippen LogP contribution in [0, 0.1) is 0 Å². The number of nitrogens with two attached hydrogens (primary N) is 1. The number of hydrogen-bond acceptors (Lipinski definition) is 6. The normalized spacial score (nSPS) is 18.8. The Morgan fingerprint density at radius 2 is 1.54 bits per heavy atom. The molecule has 1 fully saturated rings. The average molecular weight is 662 g/mol. The largest absolute Gasteiger partial charge is 0.465 e. The third-order valence-electron chi connectivity index (χ3n) is 6.95. The first-order valence-electron chi connectivity index (χ1n) is 14.4. The molecule has 2 aromatic rings. The van der Waals surface area contributed by atoms with Gasteiger partial charge in [-0.15, -0.1) is 0 Å². The molecule has 4 atom stereocenters. The van der Waals surface area contributed by atoms with E-state index in [0.29, 0.717) is 12.1 Å². The SMILES string of the molecule is C[C@@H](Oc1cc(C(F)(F)F)cc(C(F)(F)F)c1)O[C@H]1CCN(C(=O)C[C@@H](CC(N)=O)NC(=O)OC(C)(C)C)C[C@H]1c1ccccc1. The Morgan fingerprint density at radius 1 is 0.957 bits per heavy atom. The number of carbonyl (C=O) groups is 3. The molecule has 1 aliphatic rings. The molecule has 1 saturated heterocycles. The van der Waals surface area contributed by atoms with Gasteiger partial charge in [0.1, 0.15) is 11.4 Å². The maximum absolute atomic E-state index is 13.4. The second-order valence-electron chi connectivity index (χ2n) is 12.0. The van der Waals surface area contributed by atoms with Crippen LogP contribution in [-0.4, -0.2) is 59.9 Å². The van der Waals surface area contributed by atoms with Crippen LogP contribution < -0.4 is 15.8 Å². The summed E-state index contributed by atoms with van der Waals surface area (Å²) in [6, 6.07) is 8.91. The topological polar surface area (TPSA) is 120 Å². The molecule has 3 rings (SSSR count). The minimum Gasteiger partial charge on any atom is -0.465 e. The Kier molecular flexibility index (Phi) is 11.6. The van der Waals surface area contributed by atoms with Gasteiger partial charge in [-0.2, -0.15) is 26.3 Å². The summed E-state index contributed by atoms with van der Waals surface area (Å²) >= 11 is 0. The number of rotatable bonds is 10. The van der Waals surface area contributed by atoms with Gasteiger partial charge in [0.15, 0.2) is 6.29 Å². The van der Waals surface area contributed by atoms with Gasteiger partial charge in [-0.1, -0.05) is 30.3 Å². The average Bonchev–Trinajstić information content (AvgIpc) is 2.91. The molecule has 46 heavy (non-hydrogen) atoms. The van der Waals surface area contributed by atoms with Gasteiger partial charge in [0.05, 0.1) is 17.2 Å². The van der Waals surface area contributed by atoms with Crippen LogP contribution in [0.2, 0.25) is 0 Å². The van der Waals surface area contributed by atoms with Crippen molar-refractivity contribution >= 4 is 17.9 Å². The molecular weight excluding hydrogens is 624 g/mol. The van der Waals surface area contributed by atoms with Gasteiger partial charge in [-0.25, -0.2) is 4.79 Å². The molecule has 254 valence electrons. The van der Waals surface area contributed by atoms with E-state index in [1.165, 1.54) is 11.8 Å². The molecule has 15 heteroatoms. The van der Waals surface area contributed by atoms with Crippen molar-refractivity contribution in [2.24, 2.45) is 5.73 Å². The predicted octanol–water partition coefficient (Wildman–Crippen LogP) is 6.01. The Hall–Kier alpha value is -4.01. The first-order valence-corrected chi connectivity index (χ1v) is 14.4. The van der Waals surface area contributed by atoms with Crippen LogP contribution in [0.4, 0.5) is 31.1 Å². The van der Waals surface area contributed by atoms with Gasteiger partial charge in [0.2, 0.25) is 11.8 Å². The Morgan fingerprint density at radius 3 is 2.07 bits per heavy atom. The van der Waals surface area contributed by atoms with Crippen LogP contribution in [0.25, 0.3) is 0 Å². The number of amides is 3. The maximum atomic E-state index is 13.4. The van der Waals surface area contributed by atoms with Gasteiger partial charge in [-0.05, 0) is 57.9 Å². The smallest absolute Gasteiger partial charge is 0.416 e. The number of alkyl carbamates (subject to hydrolysis) is 1. The number of alkyl halides is 6. The number of primary amides is 1. The lowest BCUT2D eigenvalue weighted by Crippen LogP contribution is -2.49. The van der Waals surface area contributed by atoms with E-state index < -0.39 is 77.1 Å². The third-order valence-corrected chi connectivity index (χ3v) is 6.95. The third kappa shape index (κ3) is 11.1. The number of nitrogens with zero attached hydrogens (tertiary/aromatic N) is 1. The first-order chi connectivity index (χ1) is 21.2. The lowest BCUT2D eigenvalue weighted by molar-refractivity contribution is -0.149. The van der Waals surface area contributed by atoms with E-state index in [1.54, 1.807) is 51.1 Å². The van der Waals surface area contributed by atoms with Crippen molar-refractivity contribution < 1.29 is 54.9 Å². The molecule has 0 aliphatic carbocycles. The zero-order chi connectivity index (χ0) is 34.4. The van der Waals surface area contributed by atoms with E-state index in [4.69, 9.17) is 19.9 Å². The summed E-state index contributed by atoms with van der Waals surface area (Å²) in [5, 5.41) is 2.51. The minimum absolute atomic E-state index is 0.00752. The van der Waals surface area contributed by atoms with Crippen LogP contribution in [-0.2, 0) is 31.4 Å². The van der Waals surface area contributed by atoms with Crippen LogP contribution in [0.5, 0.6) is 5.75 Å². The van der Waals surface area contributed by atoms with E-state index in [-0.39, 0.29) is 38.4 Å². The van der Waals surface area contributed by atoms with Gasteiger partial charge in [0, 0.05) is 37.9 Å². The fourth-order valence-electron chi connectivity index (χ4n) is 5.03. The molecule has 0 aromatic heterocycles. The minimum atomic E-state index is -5.04. The zero-order valence-electron chi connectivity index (χ0n) is 25.7. The highest BCUT2D eigenvalue weighted by Crippen LogP contribution is 2.39. The molecular formula is C31H37F6N3O6. The lowest BCUT2D eigenvalue weighted by atomic mass is 9.87. The van der Waals surface area contributed by atoms with E-state index in [9.17, 15) is 40.7 Å².